The van der Waals surface area contributed by atoms with Gasteiger partial charge in [-0.3, -0.25) is 4.31 Å². The normalized spacial score (nSPS) is 16.7. The van der Waals surface area contributed by atoms with E-state index in [1.165, 1.54) is 24.3 Å². The SMILES string of the molecule is COP(O)OP(O)C(F)(F)P(O)Oc1ccccc1. The van der Waals surface area contributed by atoms with Gasteiger partial charge >= 0.3 is 22.4 Å². The molecule has 1 aromatic rings. The number of rotatable bonds is 7. The van der Waals surface area contributed by atoms with Crippen molar-refractivity contribution in [3.63, 3.8) is 0 Å². The molecule has 0 spiro atoms. The standard InChI is InChI=1S/C8H11F2O6P3/c1-14-19(13)16-18(12)8(9,10)17(11)15-7-5-3-2-4-6-7/h2-6,11-13H,1H3. The monoisotopic (exact) mass is 334 g/mol. The predicted octanol–water partition coefficient (Wildman–Crippen LogP) is 3.11. The van der Waals surface area contributed by atoms with Gasteiger partial charge in [0.1, 0.15) is 5.75 Å². The summed E-state index contributed by atoms with van der Waals surface area (Å²) in [4.78, 5) is 27.4. The first kappa shape index (κ1) is 17.0. The van der Waals surface area contributed by atoms with Crippen LogP contribution in [-0.2, 0) is 8.83 Å². The van der Waals surface area contributed by atoms with Gasteiger partial charge in [-0.1, -0.05) is 18.2 Å². The molecule has 1 aromatic carbocycles. The Hall–Kier alpha value is -0.0300. The fourth-order valence-electron chi connectivity index (χ4n) is 0.858. The lowest BCUT2D eigenvalue weighted by molar-refractivity contribution is 0.143. The highest BCUT2D eigenvalue weighted by Gasteiger charge is 2.53. The molecule has 0 amide bonds. The first-order valence-electron chi connectivity index (χ1n) is 4.68. The minimum Gasteiger partial charge on any atom is -0.443 e. The van der Waals surface area contributed by atoms with Gasteiger partial charge in [0.05, 0.1) is 0 Å². The van der Waals surface area contributed by atoms with Crippen molar-refractivity contribution in [2.24, 2.45) is 0 Å². The Labute approximate surface area is 111 Å². The van der Waals surface area contributed by atoms with Crippen LogP contribution < -0.4 is 4.52 Å². The molecular formula is C8H11F2O6P3. The Balaban J connectivity index is 2.65. The maximum absolute atomic E-state index is 13.5. The molecule has 0 aliphatic heterocycles. The lowest BCUT2D eigenvalue weighted by atomic mass is 10.3. The van der Waals surface area contributed by atoms with E-state index in [1.807, 2.05) is 0 Å². The molecular weight excluding hydrogens is 323 g/mol. The molecule has 11 heteroatoms. The fraction of sp³-hybridized carbons (Fsp3) is 0.250. The van der Waals surface area contributed by atoms with Gasteiger partial charge in [-0.05, 0) is 12.1 Å². The summed E-state index contributed by atoms with van der Waals surface area (Å²) in [5.41, 5.74) is 0. The molecule has 0 aliphatic carbocycles. The fourth-order valence-corrected chi connectivity index (χ4v) is 3.51. The van der Waals surface area contributed by atoms with Crippen LogP contribution >= 0.6 is 25.4 Å². The lowest BCUT2D eigenvalue weighted by Gasteiger charge is -2.25. The third-order valence-electron chi connectivity index (χ3n) is 1.70. The van der Waals surface area contributed by atoms with E-state index in [4.69, 9.17) is 4.89 Å². The van der Waals surface area contributed by atoms with Crippen LogP contribution in [0.1, 0.15) is 0 Å². The molecule has 0 heterocycles. The number of benzene rings is 1. The molecule has 0 radical (unpaired) electrons. The minimum atomic E-state index is -4.03. The maximum atomic E-state index is 13.5. The average Bonchev–Trinajstić information content (AvgIpc) is 2.39. The summed E-state index contributed by atoms with van der Waals surface area (Å²) in [5, 5.41) is -4.03. The van der Waals surface area contributed by atoms with Gasteiger partial charge in [0, 0.05) is 7.11 Å². The van der Waals surface area contributed by atoms with Crippen LogP contribution in [0.5, 0.6) is 5.75 Å². The van der Waals surface area contributed by atoms with Crippen LogP contribution in [0.15, 0.2) is 30.3 Å². The number of hydrogen-bond acceptors (Lipinski definition) is 6. The van der Waals surface area contributed by atoms with Crippen LogP contribution in [0.2, 0.25) is 0 Å². The van der Waals surface area contributed by atoms with Crippen LogP contribution in [0.3, 0.4) is 0 Å². The van der Waals surface area contributed by atoms with E-state index in [1.54, 1.807) is 6.07 Å². The van der Waals surface area contributed by atoms with Crippen molar-refractivity contribution < 1.29 is 36.8 Å². The third kappa shape index (κ3) is 5.10. The van der Waals surface area contributed by atoms with E-state index >= 15 is 0 Å². The van der Waals surface area contributed by atoms with Gasteiger partial charge in [-0.15, -0.1) is 0 Å². The molecule has 19 heavy (non-hydrogen) atoms. The molecule has 0 fully saturated rings. The molecule has 6 nitrogen and oxygen atoms in total. The zero-order chi connectivity index (χ0) is 14.5. The van der Waals surface area contributed by atoms with Gasteiger partial charge in [-0.2, -0.15) is 8.78 Å². The summed E-state index contributed by atoms with van der Waals surface area (Å²) >= 11 is 0. The van der Waals surface area contributed by atoms with Gasteiger partial charge in [-0.25, -0.2) is 0 Å². The molecule has 0 saturated heterocycles. The van der Waals surface area contributed by atoms with Crippen molar-refractivity contribution in [2.75, 3.05) is 7.11 Å². The highest BCUT2D eigenvalue weighted by Crippen LogP contribution is 2.69. The number of halogens is 2. The first-order valence-corrected chi connectivity index (χ1v) is 8.23. The Morgan fingerprint density at radius 2 is 1.63 bits per heavy atom. The van der Waals surface area contributed by atoms with E-state index in [2.05, 4.69) is 13.4 Å². The predicted molar refractivity (Wildman–Crippen MR) is 67.5 cm³/mol. The Morgan fingerprint density at radius 3 is 2.16 bits per heavy atom. The highest BCUT2D eigenvalue weighted by molar-refractivity contribution is 7.69. The highest BCUT2D eigenvalue weighted by atomic mass is 31.2. The third-order valence-corrected chi connectivity index (χ3v) is 5.52. The molecule has 0 bridgehead atoms. The second-order valence-corrected chi connectivity index (χ2v) is 7.21. The quantitative estimate of drug-likeness (QED) is 0.664. The first-order chi connectivity index (χ1) is 8.87. The number of para-hydroxylation sites is 1. The summed E-state index contributed by atoms with van der Waals surface area (Å²) in [6.45, 7) is 0. The zero-order valence-electron chi connectivity index (χ0n) is 9.55. The van der Waals surface area contributed by atoms with E-state index < -0.39 is 30.8 Å². The zero-order valence-corrected chi connectivity index (χ0v) is 12.2. The molecule has 0 aliphatic rings. The van der Waals surface area contributed by atoms with Crippen LogP contribution in [0.4, 0.5) is 8.78 Å². The molecule has 1 rings (SSSR count). The molecule has 3 N–H and O–H groups in total. The minimum absolute atomic E-state index is 0.0252. The summed E-state index contributed by atoms with van der Waals surface area (Å²) in [6, 6.07) is 7.45. The van der Waals surface area contributed by atoms with Gasteiger partial charge in [0.15, 0.2) is 0 Å². The van der Waals surface area contributed by atoms with Crippen LogP contribution in [0.25, 0.3) is 0 Å². The Morgan fingerprint density at radius 1 is 1.05 bits per heavy atom. The van der Waals surface area contributed by atoms with E-state index in [0.717, 1.165) is 7.11 Å². The second kappa shape index (κ2) is 7.67. The number of hydrogen-bond donors (Lipinski definition) is 3. The molecule has 3 unspecified atom stereocenters. The molecule has 108 valence electrons. The van der Waals surface area contributed by atoms with Crippen LogP contribution in [0, 0.1) is 0 Å². The van der Waals surface area contributed by atoms with E-state index in [0.29, 0.717) is 0 Å². The molecule has 0 saturated carbocycles. The van der Waals surface area contributed by atoms with Gasteiger partial charge in [0.2, 0.25) is 0 Å². The van der Waals surface area contributed by atoms with Crippen LogP contribution in [-0.4, -0.2) is 27.2 Å². The number of alkyl halides is 2. The lowest BCUT2D eigenvalue weighted by Crippen LogP contribution is -2.14. The average molecular weight is 334 g/mol. The van der Waals surface area contributed by atoms with Crippen molar-refractivity contribution >= 4 is 25.4 Å². The van der Waals surface area contributed by atoms with Crippen molar-refractivity contribution in [2.45, 2.75) is 5.40 Å². The van der Waals surface area contributed by atoms with Crippen molar-refractivity contribution in [3.05, 3.63) is 30.3 Å². The summed E-state index contributed by atoms with van der Waals surface area (Å²) < 4.78 is 40.1. The van der Waals surface area contributed by atoms with Gasteiger partial charge < -0.3 is 23.7 Å². The summed E-state index contributed by atoms with van der Waals surface area (Å²) in [7, 11) is -8.34. The molecule has 3 atom stereocenters. The Kier molecular flexibility index (Phi) is 6.87. The van der Waals surface area contributed by atoms with Gasteiger partial charge in [0.25, 0.3) is 8.38 Å². The summed E-state index contributed by atoms with van der Waals surface area (Å²) in [5.74, 6) is 0.0252. The largest absolute Gasteiger partial charge is 0.443 e. The Bertz CT molecular complexity index is 384. The second-order valence-electron chi connectivity index (χ2n) is 2.96. The maximum Gasteiger partial charge on any atom is 0.391 e. The topological polar surface area (TPSA) is 88.4 Å². The van der Waals surface area contributed by atoms with Crippen molar-refractivity contribution in [1.29, 1.82) is 0 Å². The van der Waals surface area contributed by atoms with E-state index in [-0.39, 0.29) is 5.75 Å². The smallest absolute Gasteiger partial charge is 0.391 e. The van der Waals surface area contributed by atoms with Crippen molar-refractivity contribution in [1.82, 2.24) is 0 Å². The summed E-state index contributed by atoms with van der Waals surface area (Å²) in [6.07, 6.45) is 0. The molecule has 0 aromatic heterocycles. The van der Waals surface area contributed by atoms with Crippen molar-refractivity contribution in [3.8, 4) is 5.75 Å². The van der Waals surface area contributed by atoms with E-state index in [9.17, 15) is 18.6 Å².